The van der Waals surface area contributed by atoms with Crippen molar-refractivity contribution in [2.24, 2.45) is 0 Å². The summed E-state index contributed by atoms with van der Waals surface area (Å²) in [6.45, 7) is 1.14. The van der Waals surface area contributed by atoms with Gasteiger partial charge in [-0.1, -0.05) is 0 Å². The standard InChI is InChI=1S/C8H13NO2/c1-9(2)5-8(10)7-3-4-11-6-7/h6H,3-5H2,1-2H3. The lowest BCUT2D eigenvalue weighted by atomic mass is 10.1. The summed E-state index contributed by atoms with van der Waals surface area (Å²) in [5.74, 6) is 0.174. The molecular weight excluding hydrogens is 142 g/mol. The van der Waals surface area contributed by atoms with Gasteiger partial charge in [0.25, 0.3) is 0 Å². The Balaban J connectivity index is 2.41. The molecule has 0 aromatic heterocycles. The first-order valence-electron chi connectivity index (χ1n) is 3.68. The van der Waals surface area contributed by atoms with Crippen molar-refractivity contribution in [2.75, 3.05) is 27.2 Å². The molecule has 1 rings (SSSR count). The third-order valence-electron chi connectivity index (χ3n) is 1.53. The molecule has 0 N–H and O–H groups in total. The van der Waals surface area contributed by atoms with Crippen molar-refractivity contribution in [3.8, 4) is 0 Å². The predicted molar refractivity (Wildman–Crippen MR) is 42.2 cm³/mol. The minimum Gasteiger partial charge on any atom is -0.500 e. The molecule has 1 heterocycles. The third kappa shape index (κ3) is 2.35. The molecule has 1 aliphatic heterocycles. The number of likely N-dealkylation sites (N-methyl/N-ethyl adjacent to an activating group) is 1. The van der Waals surface area contributed by atoms with Crippen molar-refractivity contribution in [3.05, 3.63) is 11.8 Å². The lowest BCUT2D eigenvalue weighted by Gasteiger charge is -2.07. The van der Waals surface area contributed by atoms with Crippen LogP contribution in [0.4, 0.5) is 0 Å². The van der Waals surface area contributed by atoms with Crippen LogP contribution in [0.2, 0.25) is 0 Å². The Morgan fingerprint density at radius 2 is 2.45 bits per heavy atom. The van der Waals surface area contributed by atoms with E-state index in [1.54, 1.807) is 6.26 Å². The molecule has 0 spiro atoms. The summed E-state index contributed by atoms with van der Waals surface area (Å²) in [6.07, 6.45) is 2.35. The van der Waals surface area contributed by atoms with Crippen LogP contribution in [0.1, 0.15) is 6.42 Å². The summed E-state index contributed by atoms with van der Waals surface area (Å²) >= 11 is 0. The van der Waals surface area contributed by atoms with Gasteiger partial charge in [-0.05, 0) is 14.1 Å². The molecule has 0 saturated heterocycles. The highest BCUT2D eigenvalue weighted by atomic mass is 16.5. The van der Waals surface area contributed by atoms with Gasteiger partial charge in [0.2, 0.25) is 0 Å². The lowest BCUT2D eigenvalue weighted by molar-refractivity contribution is -0.116. The minimum absolute atomic E-state index is 0.174. The normalized spacial score (nSPS) is 16.5. The Morgan fingerprint density at radius 3 is 2.91 bits per heavy atom. The second-order valence-corrected chi connectivity index (χ2v) is 2.92. The van der Waals surface area contributed by atoms with Crippen LogP contribution in [0.25, 0.3) is 0 Å². The molecule has 0 atom stereocenters. The number of hydrogen-bond donors (Lipinski definition) is 0. The number of rotatable bonds is 3. The van der Waals surface area contributed by atoms with E-state index in [9.17, 15) is 4.79 Å². The fraction of sp³-hybridized carbons (Fsp3) is 0.625. The number of hydrogen-bond acceptors (Lipinski definition) is 3. The molecule has 0 aromatic carbocycles. The van der Waals surface area contributed by atoms with Gasteiger partial charge >= 0.3 is 0 Å². The van der Waals surface area contributed by atoms with Crippen molar-refractivity contribution in [2.45, 2.75) is 6.42 Å². The summed E-state index contributed by atoms with van der Waals surface area (Å²) < 4.78 is 4.96. The SMILES string of the molecule is CN(C)CC(=O)C1=COCC1. The molecule has 3 nitrogen and oxygen atoms in total. The number of carbonyl (C=O) groups is 1. The molecule has 0 bridgehead atoms. The van der Waals surface area contributed by atoms with Crippen LogP contribution < -0.4 is 0 Å². The first-order valence-corrected chi connectivity index (χ1v) is 3.68. The molecule has 0 unspecified atom stereocenters. The van der Waals surface area contributed by atoms with E-state index in [1.807, 2.05) is 19.0 Å². The van der Waals surface area contributed by atoms with E-state index in [2.05, 4.69) is 0 Å². The summed E-state index contributed by atoms with van der Waals surface area (Å²) in [7, 11) is 3.77. The van der Waals surface area contributed by atoms with Gasteiger partial charge in [-0.2, -0.15) is 0 Å². The van der Waals surface area contributed by atoms with E-state index < -0.39 is 0 Å². The fourth-order valence-corrected chi connectivity index (χ4v) is 0.981. The summed E-state index contributed by atoms with van der Waals surface area (Å²) in [4.78, 5) is 13.1. The number of nitrogens with zero attached hydrogens (tertiary/aromatic N) is 1. The smallest absolute Gasteiger partial charge is 0.175 e. The fourth-order valence-electron chi connectivity index (χ4n) is 0.981. The van der Waals surface area contributed by atoms with E-state index in [0.29, 0.717) is 13.2 Å². The van der Waals surface area contributed by atoms with Crippen molar-refractivity contribution in [1.82, 2.24) is 4.90 Å². The molecule has 11 heavy (non-hydrogen) atoms. The molecule has 62 valence electrons. The second-order valence-electron chi connectivity index (χ2n) is 2.92. The topological polar surface area (TPSA) is 29.5 Å². The minimum atomic E-state index is 0.174. The van der Waals surface area contributed by atoms with Gasteiger partial charge in [-0.15, -0.1) is 0 Å². The van der Waals surface area contributed by atoms with E-state index in [1.165, 1.54) is 0 Å². The maximum Gasteiger partial charge on any atom is 0.175 e. The summed E-state index contributed by atoms with van der Waals surface area (Å²) in [6, 6.07) is 0. The van der Waals surface area contributed by atoms with E-state index in [0.717, 1.165) is 12.0 Å². The molecule has 3 heteroatoms. The van der Waals surface area contributed by atoms with Gasteiger partial charge in [-0.25, -0.2) is 0 Å². The first-order chi connectivity index (χ1) is 5.20. The Hall–Kier alpha value is -0.830. The highest BCUT2D eigenvalue weighted by Crippen LogP contribution is 2.10. The van der Waals surface area contributed by atoms with Crippen molar-refractivity contribution in [3.63, 3.8) is 0 Å². The Morgan fingerprint density at radius 1 is 1.73 bits per heavy atom. The van der Waals surface area contributed by atoms with E-state index in [4.69, 9.17) is 4.74 Å². The molecule has 1 aliphatic rings. The zero-order chi connectivity index (χ0) is 8.27. The Kier molecular flexibility index (Phi) is 2.65. The predicted octanol–water partition coefficient (Wildman–Crippen LogP) is 0.421. The van der Waals surface area contributed by atoms with Gasteiger partial charge < -0.3 is 9.64 Å². The zero-order valence-electron chi connectivity index (χ0n) is 6.96. The van der Waals surface area contributed by atoms with Gasteiger partial charge in [0.1, 0.15) is 0 Å². The number of ketones is 1. The summed E-state index contributed by atoms with van der Waals surface area (Å²) in [5, 5.41) is 0. The van der Waals surface area contributed by atoms with Crippen LogP contribution in [0.5, 0.6) is 0 Å². The molecule has 0 saturated carbocycles. The van der Waals surface area contributed by atoms with Crippen molar-refractivity contribution < 1.29 is 9.53 Å². The number of carbonyl (C=O) groups excluding carboxylic acids is 1. The zero-order valence-corrected chi connectivity index (χ0v) is 6.96. The molecule has 0 fully saturated rings. The highest BCUT2D eigenvalue weighted by molar-refractivity contribution is 5.96. The van der Waals surface area contributed by atoms with Crippen LogP contribution in [-0.2, 0) is 9.53 Å². The molecule has 0 aromatic rings. The van der Waals surface area contributed by atoms with Gasteiger partial charge in [0.15, 0.2) is 5.78 Å². The van der Waals surface area contributed by atoms with Crippen molar-refractivity contribution >= 4 is 5.78 Å². The first kappa shape index (κ1) is 8.27. The monoisotopic (exact) mass is 155 g/mol. The van der Waals surface area contributed by atoms with Crippen LogP contribution in [0.3, 0.4) is 0 Å². The van der Waals surface area contributed by atoms with Gasteiger partial charge in [0, 0.05) is 12.0 Å². The van der Waals surface area contributed by atoms with Crippen molar-refractivity contribution in [1.29, 1.82) is 0 Å². The van der Waals surface area contributed by atoms with Gasteiger partial charge in [-0.3, -0.25) is 4.79 Å². The maximum atomic E-state index is 11.3. The molecule has 0 amide bonds. The average Bonchev–Trinajstić information content (AvgIpc) is 2.35. The molecular formula is C8H13NO2. The number of ether oxygens (including phenoxy) is 1. The average molecular weight is 155 g/mol. The van der Waals surface area contributed by atoms with E-state index in [-0.39, 0.29) is 5.78 Å². The summed E-state index contributed by atoms with van der Waals surface area (Å²) in [5.41, 5.74) is 0.818. The Bertz CT molecular complexity index is 185. The Labute approximate surface area is 66.6 Å². The second kappa shape index (κ2) is 3.53. The van der Waals surface area contributed by atoms with Crippen LogP contribution >= 0.6 is 0 Å². The van der Waals surface area contributed by atoms with Crippen LogP contribution in [0, 0.1) is 0 Å². The van der Waals surface area contributed by atoms with Gasteiger partial charge in [0.05, 0.1) is 19.4 Å². The largest absolute Gasteiger partial charge is 0.500 e. The van der Waals surface area contributed by atoms with Crippen LogP contribution in [0.15, 0.2) is 11.8 Å². The van der Waals surface area contributed by atoms with E-state index >= 15 is 0 Å². The third-order valence-corrected chi connectivity index (χ3v) is 1.53. The quantitative estimate of drug-likeness (QED) is 0.591. The molecule has 0 radical (unpaired) electrons. The molecule has 0 aliphatic carbocycles. The van der Waals surface area contributed by atoms with Crippen LogP contribution in [-0.4, -0.2) is 37.9 Å². The number of Topliss-reactive ketones (excluding diaryl/α,β-unsaturated/α-hetero) is 1. The highest BCUT2D eigenvalue weighted by Gasteiger charge is 2.14. The lowest BCUT2D eigenvalue weighted by Crippen LogP contribution is -2.22. The maximum absolute atomic E-state index is 11.3.